The molecule has 1 aliphatic carbocycles. The van der Waals surface area contributed by atoms with Gasteiger partial charge in [0.05, 0.1) is 6.04 Å². The van der Waals surface area contributed by atoms with Crippen LogP contribution in [0.4, 0.5) is 10.1 Å². The SMILES string of the molecule is OCCCc1cccc(NC2CCc3cc(F)ccc32)c1. The highest BCUT2D eigenvalue weighted by Crippen LogP contribution is 2.34. The van der Waals surface area contributed by atoms with Gasteiger partial charge in [-0.05, 0) is 66.6 Å². The molecule has 0 radical (unpaired) electrons. The van der Waals surface area contributed by atoms with Crippen LogP contribution in [0.1, 0.15) is 35.6 Å². The van der Waals surface area contributed by atoms with E-state index in [2.05, 4.69) is 23.5 Å². The second-order valence-electron chi connectivity index (χ2n) is 5.61. The quantitative estimate of drug-likeness (QED) is 0.874. The standard InChI is InChI=1S/C18H20FNO/c19-15-7-8-17-14(12-15)6-9-18(17)20-16-5-1-3-13(11-16)4-2-10-21/h1,3,5,7-8,11-12,18,20-21H,2,4,6,9-10H2. The highest BCUT2D eigenvalue weighted by Gasteiger charge is 2.22. The molecule has 0 fully saturated rings. The van der Waals surface area contributed by atoms with E-state index >= 15 is 0 Å². The Morgan fingerprint density at radius 2 is 2.10 bits per heavy atom. The number of halogens is 1. The summed E-state index contributed by atoms with van der Waals surface area (Å²) >= 11 is 0. The third kappa shape index (κ3) is 3.24. The molecule has 110 valence electrons. The number of hydrogen-bond donors (Lipinski definition) is 2. The van der Waals surface area contributed by atoms with E-state index in [0.29, 0.717) is 0 Å². The third-order valence-corrected chi connectivity index (χ3v) is 4.07. The van der Waals surface area contributed by atoms with Crippen LogP contribution in [0.5, 0.6) is 0 Å². The second-order valence-corrected chi connectivity index (χ2v) is 5.61. The van der Waals surface area contributed by atoms with E-state index in [9.17, 15) is 4.39 Å². The van der Waals surface area contributed by atoms with E-state index in [0.717, 1.165) is 36.9 Å². The van der Waals surface area contributed by atoms with Gasteiger partial charge in [-0.1, -0.05) is 18.2 Å². The van der Waals surface area contributed by atoms with Crippen LogP contribution in [0, 0.1) is 5.82 Å². The first kappa shape index (κ1) is 14.1. The fourth-order valence-electron chi connectivity index (χ4n) is 3.04. The number of aliphatic hydroxyl groups is 1. The summed E-state index contributed by atoms with van der Waals surface area (Å²) in [5.74, 6) is -0.152. The topological polar surface area (TPSA) is 32.3 Å². The zero-order chi connectivity index (χ0) is 14.7. The van der Waals surface area contributed by atoms with Crippen LogP contribution in [0.3, 0.4) is 0 Å². The Balaban J connectivity index is 1.73. The summed E-state index contributed by atoms with van der Waals surface area (Å²) in [6, 6.07) is 13.7. The Morgan fingerprint density at radius 1 is 1.19 bits per heavy atom. The van der Waals surface area contributed by atoms with Crippen molar-refractivity contribution in [3.8, 4) is 0 Å². The van der Waals surface area contributed by atoms with Crippen molar-refractivity contribution in [2.24, 2.45) is 0 Å². The first-order valence-corrected chi connectivity index (χ1v) is 7.51. The van der Waals surface area contributed by atoms with Gasteiger partial charge in [0, 0.05) is 12.3 Å². The molecule has 0 aliphatic heterocycles. The maximum Gasteiger partial charge on any atom is 0.123 e. The first-order valence-electron chi connectivity index (χ1n) is 7.51. The average Bonchev–Trinajstić information content (AvgIpc) is 2.87. The largest absolute Gasteiger partial charge is 0.396 e. The molecule has 2 nitrogen and oxygen atoms in total. The van der Waals surface area contributed by atoms with Crippen molar-refractivity contribution in [2.75, 3.05) is 11.9 Å². The summed E-state index contributed by atoms with van der Waals surface area (Å²) in [6.07, 6.45) is 3.60. The molecular formula is C18H20FNO. The Kier molecular flexibility index (Phi) is 4.20. The van der Waals surface area contributed by atoms with Crippen molar-refractivity contribution < 1.29 is 9.50 Å². The van der Waals surface area contributed by atoms with Crippen molar-refractivity contribution >= 4 is 5.69 Å². The predicted octanol–water partition coefficient (Wildman–Crippen LogP) is 3.85. The van der Waals surface area contributed by atoms with E-state index in [1.54, 1.807) is 6.07 Å². The highest BCUT2D eigenvalue weighted by atomic mass is 19.1. The zero-order valence-corrected chi connectivity index (χ0v) is 12.0. The molecule has 0 saturated carbocycles. The van der Waals surface area contributed by atoms with Crippen LogP contribution in [0.25, 0.3) is 0 Å². The van der Waals surface area contributed by atoms with Gasteiger partial charge in [-0.2, -0.15) is 0 Å². The minimum atomic E-state index is -0.152. The second kappa shape index (κ2) is 6.27. The summed E-state index contributed by atoms with van der Waals surface area (Å²) in [5, 5.41) is 12.5. The summed E-state index contributed by atoms with van der Waals surface area (Å²) in [4.78, 5) is 0. The Labute approximate surface area is 124 Å². The molecule has 2 N–H and O–H groups in total. The maximum atomic E-state index is 13.2. The van der Waals surface area contributed by atoms with Gasteiger partial charge >= 0.3 is 0 Å². The van der Waals surface area contributed by atoms with Crippen LogP contribution in [-0.2, 0) is 12.8 Å². The van der Waals surface area contributed by atoms with E-state index in [4.69, 9.17) is 5.11 Å². The molecule has 0 spiro atoms. The Hall–Kier alpha value is -1.87. The number of aliphatic hydroxyl groups excluding tert-OH is 1. The van der Waals surface area contributed by atoms with E-state index in [-0.39, 0.29) is 18.5 Å². The lowest BCUT2D eigenvalue weighted by atomic mass is 10.1. The van der Waals surface area contributed by atoms with Crippen LogP contribution in [0.15, 0.2) is 42.5 Å². The molecule has 3 heteroatoms. The summed E-state index contributed by atoms with van der Waals surface area (Å²) in [6.45, 7) is 0.221. The van der Waals surface area contributed by atoms with Gasteiger partial charge in [0.15, 0.2) is 0 Å². The van der Waals surface area contributed by atoms with Gasteiger partial charge in [0.2, 0.25) is 0 Å². The van der Waals surface area contributed by atoms with Crippen LogP contribution < -0.4 is 5.32 Å². The highest BCUT2D eigenvalue weighted by molar-refractivity contribution is 5.50. The van der Waals surface area contributed by atoms with Gasteiger partial charge in [-0.25, -0.2) is 4.39 Å². The summed E-state index contributed by atoms with van der Waals surface area (Å²) in [5.41, 5.74) is 4.64. The maximum absolute atomic E-state index is 13.2. The number of benzene rings is 2. The molecule has 0 heterocycles. The van der Waals surface area contributed by atoms with Crippen molar-refractivity contribution in [1.29, 1.82) is 0 Å². The molecule has 0 aromatic heterocycles. The average molecular weight is 285 g/mol. The van der Waals surface area contributed by atoms with Crippen LogP contribution in [0.2, 0.25) is 0 Å². The van der Waals surface area contributed by atoms with Crippen molar-refractivity contribution in [3.63, 3.8) is 0 Å². The Bertz CT molecular complexity index is 626. The minimum absolute atomic E-state index is 0.152. The molecule has 21 heavy (non-hydrogen) atoms. The molecule has 0 saturated heterocycles. The van der Waals surface area contributed by atoms with E-state index < -0.39 is 0 Å². The van der Waals surface area contributed by atoms with Gasteiger partial charge in [0.25, 0.3) is 0 Å². The number of anilines is 1. The monoisotopic (exact) mass is 285 g/mol. The fourth-order valence-corrected chi connectivity index (χ4v) is 3.04. The normalized spacial score (nSPS) is 16.8. The lowest BCUT2D eigenvalue weighted by molar-refractivity contribution is 0.288. The zero-order valence-electron chi connectivity index (χ0n) is 12.0. The molecule has 1 aliphatic rings. The lowest BCUT2D eigenvalue weighted by Crippen LogP contribution is -2.07. The summed E-state index contributed by atoms with van der Waals surface area (Å²) < 4.78 is 13.2. The third-order valence-electron chi connectivity index (χ3n) is 4.07. The van der Waals surface area contributed by atoms with Crippen LogP contribution >= 0.6 is 0 Å². The van der Waals surface area contributed by atoms with E-state index in [1.807, 2.05) is 12.1 Å². The van der Waals surface area contributed by atoms with Gasteiger partial charge in [-0.15, -0.1) is 0 Å². The van der Waals surface area contributed by atoms with E-state index in [1.165, 1.54) is 17.2 Å². The number of nitrogens with one attached hydrogen (secondary N) is 1. The predicted molar refractivity (Wildman–Crippen MR) is 82.9 cm³/mol. The minimum Gasteiger partial charge on any atom is -0.396 e. The number of fused-ring (bicyclic) bond motifs is 1. The number of rotatable bonds is 5. The smallest absolute Gasteiger partial charge is 0.123 e. The van der Waals surface area contributed by atoms with Gasteiger partial charge in [0.1, 0.15) is 5.82 Å². The number of hydrogen-bond acceptors (Lipinski definition) is 2. The molecule has 0 amide bonds. The fraction of sp³-hybridized carbons (Fsp3) is 0.333. The molecular weight excluding hydrogens is 265 g/mol. The van der Waals surface area contributed by atoms with Crippen molar-refractivity contribution in [2.45, 2.75) is 31.7 Å². The van der Waals surface area contributed by atoms with Crippen molar-refractivity contribution in [1.82, 2.24) is 0 Å². The molecule has 1 unspecified atom stereocenters. The molecule has 3 rings (SSSR count). The molecule has 2 aromatic carbocycles. The van der Waals surface area contributed by atoms with Gasteiger partial charge < -0.3 is 10.4 Å². The van der Waals surface area contributed by atoms with Crippen LogP contribution in [-0.4, -0.2) is 11.7 Å². The lowest BCUT2D eigenvalue weighted by Gasteiger charge is -2.16. The Morgan fingerprint density at radius 3 is 2.95 bits per heavy atom. The molecule has 2 aromatic rings. The molecule has 1 atom stereocenters. The summed E-state index contributed by atoms with van der Waals surface area (Å²) in [7, 11) is 0. The van der Waals surface area contributed by atoms with Crippen molar-refractivity contribution in [3.05, 3.63) is 65.0 Å². The first-order chi connectivity index (χ1) is 10.3. The van der Waals surface area contributed by atoms with Gasteiger partial charge in [-0.3, -0.25) is 0 Å². The number of aryl methyl sites for hydroxylation is 2. The molecule has 0 bridgehead atoms.